The third-order valence-electron chi connectivity index (χ3n) is 4.28. The maximum Gasteiger partial charge on any atom is 0.248 e. The molecule has 21 heavy (non-hydrogen) atoms. The molecule has 1 aliphatic carbocycles. The fourth-order valence-electron chi connectivity index (χ4n) is 3.08. The van der Waals surface area contributed by atoms with E-state index in [1.54, 1.807) is 14.2 Å². The van der Waals surface area contributed by atoms with Gasteiger partial charge < -0.3 is 14.8 Å². The van der Waals surface area contributed by atoms with E-state index in [2.05, 4.69) is 5.32 Å². The van der Waals surface area contributed by atoms with Gasteiger partial charge in [-0.25, -0.2) is 8.78 Å². The van der Waals surface area contributed by atoms with E-state index < -0.39 is 5.92 Å². The maximum atomic E-state index is 13.3. The first-order chi connectivity index (χ1) is 9.99. The summed E-state index contributed by atoms with van der Waals surface area (Å²) in [6.07, 6.45) is 0.990. The Morgan fingerprint density at radius 3 is 2.05 bits per heavy atom. The molecule has 1 N–H and O–H groups in total. The third kappa shape index (κ3) is 3.84. The van der Waals surface area contributed by atoms with Gasteiger partial charge in [-0.05, 0) is 43.5 Å². The van der Waals surface area contributed by atoms with Crippen molar-refractivity contribution in [3.05, 3.63) is 23.8 Å². The lowest BCUT2D eigenvalue weighted by atomic mass is 9.79. The Hall–Kier alpha value is -1.36. The molecule has 1 aromatic rings. The highest BCUT2D eigenvalue weighted by molar-refractivity contribution is 5.40. The minimum Gasteiger partial charge on any atom is -0.497 e. The highest BCUT2D eigenvalue weighted by atomic mass is 19.3. The molecule has 1 atom stereocenters. The molecule has 5 heteroatoms. The van der Waals surface area contributed by atoms with Crippen molar-refractivity contribution in [2.24, 2.45) is 5.92 Å². The van der Waals surface area contributed by atoms with E-state index in [0.717, 1.165) is 5.56 Å². The van der Waals surface area contributed by atoms with Gasteiger partial charge in [0, 0.05) is 24.9 Å². The molecule has 118 valence electrons. The van der Waals surface area contributed by atoms with Crippen molar-refractivity contribution >= 4 is 0 Å². The minimum atomic E-state index is -2.50. The summed E-state index contributed by atoms with van der Waals surface area (Å²) in [4.78, 5) is 0. The Kier molecular flexibility index (Phi) is 5.04. The van der Waals surface area contributed by atoms with Crippen LogP contribution in [0.4, 0.5) is 8.78 Å². The standard InChI is InChI=1S/C16H23F2NO2/c1-19-15(11-4-6-16(17,18)7-5-11)12-8-13(20-2)10-14(9-12)21-3/h8-11,15,19H,4-7H2,1-3H3. The zero-order valence-corrected chi connectivity index (χ0v) is 12.8. The van der Waals surface area contributed by atoms with Crippen LogP contribution in [0.5, 0.6) is 11.5 Å². The molecule has 1 fully saturated rings. The van der Waals surface area contributed by atoms with Crippen molar-refractivity contribution in [2.45, 2.75) is 37.6 Å². The highest BCUT2D eigenvalue weighted by Gasteiger charge is 2.37. The monoisotopic (exact) mass is 299 g/mol. The first kappa shape index (κ1) is 16.0. The van der Waals surface area contributed by atoms with Crippen LogP contribution in [0.1, 0.15) is 37.3 Å². The van der Waals surface area contributed by atoms with E-state index in [-0.39, 0.29) is 24.8 Å². The third-order valence-corrected chi connectivity index (χ3v) is 4.28. The largest absolute Gasteiger partial charge is 0.497 e. The van der Waals surface area contributed by atoms with Crippen LogP contribution in [0.15, 0.2) is 18.2 Å². The number of rotatable bonds is 5. The van der Waals surface area contributed by atoms with Crippen LogP contribution in [-0.4, -0.2) is 27.2 Å². The van der Waals surface area contributed by atoms with Crippen LogP contribution in [-0.2, 0) is 0 Å². The molecular formula is C16H23F2NO2. The summed E-state index contributed by atoms with van der Waals surface area (Å²) < 4.78 is 37.2. The number of nitrogens with one attached hydrogen (secondary N) is 1. The number of hydrogen-bond acceptors (Lipinski definition) is 3. The summed E-state index contributed by atoms with van der Waals surface area (Å²) in [5, 5.41) is 3.26. The predicted octanol–water partition coefficient (Wildman–Crippen LogP) is 3.79. The van der Waals surface area contributed by atoms with E-state index in [9.17, 15) is 8.78 Å². The lowest BCUT2D eigenvalue weighted by Crippen LogP contribution is -2.32. The van der Waals surface area contributed by atoms with Gasteiger partial charge in [0.2, 0.25) is 5.92 Å². The molecule has 0 aliphatic heterocycles. The summed E-state index contributed by atoms with van der Waals surface area (Å²) in [5.74, 6) is -0.871. The van der Waals surface area contributed by atoms with Crippen LogP contribution < -0.4 is 14.8 Å². The van der Waals surface area contributed by atoms with Gasteiger partial charge in [-0.15, -0.1) is 0 Å². The zero-order chi connectivity index (χ0) is 15.5. The minimum absolute atomic E-state index is 0.0308. The lowest BCUT2D eigenvalue weighted by Gasteiger charge is -2.34. The van der Waals surface area contributed by atoms with E-state index in [1.165, 1.54) is 0 Å². The number of alkyl halides is 2. The second kappa shape index (κ2) is 6.60. The topological polar surface area (TPSA) is 30.5 Å². The van der Waals surface area contributed by atoms with Crippen LogP contribution in [0.25, 0.3) is 0 Å². The van der Waals surface area contributed by atoms with Gasteiger partial charge in [-0.3, -0.25) is 0 Å². The van der Waals surface area contributed by atoms with Crippen molar-refractivity contribution in [2.75, 3.05) is 21.3 Å². The van der Waals surface area contributed by atoms with Crippen molar-refractivity contribution in [3.63, 3.8) is 0 Å². The maximum absolute atomic E-state index is 13.3. The predicted molar refractivity (Wildman–Crippen MR) is 78.3 cm³/mol. The first-order valence-corrected chi connectivity index (χ1v) is 7.27. The SMILES string of the molecule is CNC(c1cc(OC)cc(OC)c1)C1CCC(F)(F)CC1. The van der Waals surface area contributed by atoms with E-state index in [1.807, 2.05) is 25.2 Å². The van der Waals surface area contributed by atoms with Gasteiger partial charge in [-0.2, -0.15) is 0 Å². The number of methoxy groups -OCH3 is 2. The van der Waals surface area contributed by atoms with Crippen LogP contribution in [0.3, 0.4) is 0 Å². The first-order valence-electron chi connectivity index (χ1n) is 7.27. The zero-order valence-electron chi connectivity index (χ0n) is 12.8. The van der Waals surface area contributed by atoms with E-state index in [0.29, 0.717) is 24.3 Å². The summed E-state index contributed by atoms with van der Waals surface area (Å²) in [6.45, 7) is 0. The van der Waals surface area contributed by atoms with Crippen molar-refractivity contribution < 1.29 is 18.3 Å². The molecule has 0 saturated heterocycles. The van der Waals surface area contributed by atoms with E-state index in [4.69, 9.17) is 9.47 Å². The van der Waals surface area contributed by atoms with Crippen LogP contribution in [0.2, 0.25) is 0 Å². The Balaban J connectivity index is 2.21. The fourth-order valence-corrected chi connectivity index (χ4v) is 3.08. The smallest absolute Gasteiger partial charge is 0.248 e. The normalized spacial score (nSPS) is 20.0. The molecule has 1 aliphatic rings. The lowest BCUT2D eigenvalue weighted by molar-refractivity contribution is -0.0495. The molecule has 3 nitrogen and oxygen atoms in total. The molecule has 2 rings (SSSR count). The Morgan fingerprint density at radius 1 is 1.10 bits per heavy atom. The van der Waals surface area contributed by atoms with Gasteiger partial charge in [0.15, 0.2) is 0 Å². The quantitative estimate of drug-likeness (QED) is 0.897. The summed E-state index contributed by atoms with van der Waals surface area (Å²) in [6, 6.07) is 5.73. The van der Waals surface area contributed by atoms with E-state index >= 15 is 0 Å². The summed E-state index contributed by atoms with van der Waals surface area (Å²) in [5.41, 5.74) is 1.02. The van der Waals surface area contributed by atoms with Crippen molar-refractivity contribution in [1.82, 2.24) is 5.32 Å². The molecule has 1 unspecified atom stereocenters. The number of halogens is 2. The molecule has 0 radical (unpaired) electrons. The van der Waals surface area contributed by atoms with Crippen molar-refractivity contribution in [1.29, 1.82) is 0 Å². The molecule has 1 saturated carbocycles. The molecule has 0 spiro atoms. The highest BCUT2D eigenvalue weighted by Crippen LogP contribution is 2.42. The molecule has 0 amide bonds. The van der Waals surface area contributed by atoms with Gasteiger partial charge in [0.1, 0.15) is 11.5 Å². The van der Waals surface area contributed by atoms with Crippen molar-refractivity contribution in [3.8, 4) is 11.5 Å². The van der Waals surface area contributed by atoms with Gasteiger partial charge in [0.05, 0.1) is 14.2 Å². The molecule has 1 aromatic carbocycles. The molecular weight excluding hydrogens is 276 g/mol. The second-order valence-electron chi connectivity index (χ2n) is 5.61. The second-order valence-corrected chi connectivity index (χ2v) is 5.61. The average Bonchev–Trinajstić information content (AvgIpc) is 2.49. The Bertz CT molecular complexity index is 447. The molecule has 0 bridgehead atoms. The van der Waals surface area contributed by atoms with Gasteiger partial charge in [-0.1, -0.05) is 0 Å². The molecule has 0 heterocycles. The Morgan fingerprint density at radius 2 is 1.62 bits per heavy atom. The number of benzene rings is 1. The number of ether oxygens (including phenoxy) is 2. The fraction of sp³-hybridized carbons (Fsp3) is 0.625. The Labute approximate surface area is 124 Å². The summed E-state index contributed by atoms with van der Waals surface area (Å²) in [7, 11) is 5.07. The number of hydrogen-bond donors (Lipinski definition) is 1. The average molecular weight is 299 g/mol. The van der Waals surface area contributed by atoms with Gasteiger partial charge in [0.25, 0.3) is 0 Å². The van der Waals surface area contributed by atoms with Gasteiger partial charge >= 0.3 is 0 Å². The molecule has 0 aromatic heterocycles. The summed E-state index contributed by atoms with van der Waals surface area (Å²) >= 11 is 0. The van der Waals surface area contributed by atoms with Crippen LogP contribution in [0, 0.1) is 5.92 Å². The van der Waals surface area contributed by atoms with Crippen LogP contribution >= 0.6 is 0 Å².